The lowest BCUT2D eigenvalue weighted by Gasteiger charge is -2.32. The smallest absolute Gasteiger partial charge is 0.266 e. The zero-order chi connectivity index (χ0) is 18.2. The van der Waals surface area contributed by atoms with E-state index in [2.05, 4.69) is 34.6 Å². The quantitative estimate of drug-likeness (QED) is 0.666. The van der Waals surface area contributed by atoms with E-state index in [1.54, 1.807) is 17.2 Å². The number of rotatable bonds is 5. The predicted octanol–water partition coefficient (Wildman–Crippen LogP) is 3.38. The Hall–Kier alpha value is -3.13. The molecule has 2 heterocycles. The van der Waals surface area contributed by atoms with Crippen molar-refractivity contribution in [2.45, 2.75) is 19.3 Å². The number of nitrogens with zero attached hydrogens (tertiary/aromatic N) is 3. The van der Waals surface area contributed by atoms with E-state index in [9.17, 15) is 10.1 Å². The van der Waals surface area contributed by atoms with Crippen molar-refractivity contribution in [3.8, 4) is 6.07 Å². The van der Waals surface area contributed by atoms with Crippen molar-refractivity contribution in [1.82, 2.24) is 9.88 Å². The lowest BCUT2D eigenvalue weighted by molar-refractivity contribution is -0.128. The van der Waals surface area contributed by atoms with Crippen molar-refractivity contribution in [3.63, 3.8) is 0 Å². The van der Waals surface area contributed by atoms with Gasteiger partial charge in [0.15, 0.2) is 0 Å². The van der Waals surface area contributed by atoms with E-state index < -0.39 is 0 Å². The second-order valence-corrected chi connectivity index (χ2v) is 6.45. The molecular formula is C21H22N4O. The van der Waals surface area contributed by atoms with Gasteiger partial charge in [0, 0.05) is 25.5 Å². The number of hydrogen-bond donors (Lipinski definition) is 1. The van der Waals surface area contributed by atoms with E-state index in [0.29, 0.717) is 24.8 Å². The Morgan fingerprint density at radius 2 is 1.92 bits per heavy atom. The van der Waals surface area contributed by atoms with E-state index in [4.69, 9.17) is 0 Å². The van der Waals surface area contributed by atoms with E-state index in [-0.39, 0.29) is 11.5 Å². The lowest BCUT2D eigenvalue weighted by atomic mass is 9.90. The third-order valence-corrected chi connectivity index (χ3v) is 4.65. The average Bonchev–Trinajstić information content (AvgIpc) is 2.70. The molecule has 0 unspecified atom stereocenters. The Balaban J connectivity index is 1.54. The minimum Gasteiger partial charge on any atom is -0.345 e. The molecule has 3 rings (SSSR count). The molecule has 0 atom stereocenters. The third-order valence-electron chi connectivity index (χ3n) is 4.65. The molecular weight excluding hydrogens is 324 g/mol. The number of amides is 1. The maximum atomic E-state index is 12.6. The Morgan fingerprint density at radius 1 is 1.19 bits per heavy atom. The van der Waals surface area contributed by atoms with Gasteiger partial charge >= 0.3 is 0 Å². The SMILES string of the molecule is N#C/C(=C/Nc1ccccn1)C(=O)N1CCC(Cc2ccccc2)CC1. The zero-order valence-corrected chi connectivity index (χ0v) is 14.6. The molecule has 1 fully saturated rings. The first-order valence-electron chi connectivity index (χ1n) is 8.87. The van der Waals surface area contributed by atoms with E-state index >= 15 is 0 Å². The Kier molecular flexibility index (Phi) is 6.00. The lowest BCUT2D eigenvalue weighted by Crippen LogP contribution is -2.39. The Labute approximate surface area is 154 Å². The van der Waals surface area contributed by atoms with Crippen molar-refractivity contribution in [2.24, 2.45) is 5.92 Å². The molecule has 2 aromatic rings. The zero-order valence-electron chi connectivity index (χ0n) is 14.6. The summed E-state index contributed by atoms with van der Waals surface area (Å²) in [5, 5.41) is 12.2. The molecule has 1 saturated heterocycles. The molecule has 132 valence electrons. The topological polar surface area (TPSA) is 69.0 Å². The molecule has 0 saturated carbocycles. The Morgan fingerprint density at radius 3 is 2.58 bits per heavy atom. The monoisotopic (exact) mass is 346 g/mol. The first-order valence-corrected chi connectivity index (χ1v) is 8.87. The number of hydrogen-bond acceptors (Lipinski definition) is 4. The van der Waals surface area contributed by atoms with Crippen LogP contribution in [-0.4, -0.2) is 28.9 Å². The molecule has 5 nitrogen and oxygen atoms in total. The average molecular weight is 346 g/mol. The summed E-state index contributed by atoms with van der Waals surface area (Å²) in [6, 6.07) is 17.9. The van der Waals surface area contributed by atoms with Gasteiger partial charge < -0.3 is 10.2 Å². The van der Waals surface area contributed by atoms with Gasteiger partial charge in [-0.1, -0.05) is 36.4 Å². The number of pyridine rings is 1. The number of carbonyl (C=O) groups excluding carboxylic acids is 1. The fourth-order valence-electron chi connectivity index (χ4n) is 3.19. The predicted molar refractivity (Wildman–Crippen MR) is 101 cm³/mol. The van der Waals surface area contributed by atoms with E-state index in [0.717, 1.165) is 19.3 Å². The summed E-state index contributed by atoms with van der Waals surface area (Å²) in [6.07, 6.45) is 6.08. The van der Waals surface area contributed by atoms with Crippen LogP contribution in [0.25, 0.3) is 0 Å². The fourth-order valence-corrected chi connectivity index (χ4v) is 3.19. The molecule has 1 aliphatic heterocycles. The molecule has 1 aliphatic rings. The summed E-state index contributed by atoms with van der Waals surface area (Å²) in [5.41, 5.74) is 1.45. The van der Waals surface area contributed by atoms with Gasteiger partial charge in [0.25, 0.3) is 5.91 Å². The first kappa shape index (κ1) is 17.7. The minimum atomic E-state index is -0.214. The number of aromatic nitrogens is 1. The summed E-state index contributed by atoms with van der Waals surface area (Å²) in [6.45, 7) is 1.39. The molecule has 5 heteroatoms. The van der Waals surface area contributed by atoms with Crippen LogP contribution >= 0.6 is 0 Å². The fraction of sp³-hybridized carbons (Fsp3) is 0.286. The number of likely N-dealkylation sites (tertiary alicyclic amines) is 1. The standard InChI is InChI=1S/C21H22N4O/c22-15-19(16-24-20-8-4-5-11-23-20)21(26)25-12-9-18(10-13-25)14-17-6-2-1-3-7-17/h1-8,11,16,18H,9-10,12-14H2,(H,23,24)/b19-16-. The largest absolute Gasteiger partial charge is 0.345 e. The van der Waals surface area contributed by atoms with Gasteiger partial charge in [-0.05, 0) is 42.9 Å². The highest BCUT2D eigenvalue weighted by Crippen LogP contribution is 2.22. The van der Waals surface area contributed by atoms with Crippen LogP contribution in [-0.2, 0) is 11.2 Å². The van der Waals surface area contributed by atoms with Gasteiger partial charge in [0.1, 0.15) is 17.5 Å². The maximum absolute atomic E-state index is 12.6. The van der Waals surface area contributed by atoms with Crippen molar-refractivity contribution < 1.29 is 4.79 Å². The van der Waals surface area contributed by atoms with Crippen molar-refractivity contribution >= 4 is 11.7 Å². The second-order valence-electron chi connectivity index (χ2n) is 6.45. The van der Waals surface area contributed by atoms with Gasteiger partial charge in [-0.15, -0.1) is 0 Å². The molecule has 0 spiro atoms. The van der Waals surface area contributed by atoms with Crippen molar-refractivity contribution in [1.29, 1.82) is 5.26 Å². The van der Waals surface area contributed by atoms with Gasteiger partial charge in [0.05, 0.1) is 0 Å². The molecule has 1 amide bonds. The van der Waals surface area contributed by atoms with Crippen molar-refractivity contribution in [3.05, 3.63) is 72.1 Å². The molecule has 0 radical (unpaired) electrons. The van der Waals surface area contributed by atoms with Crippen LogP contribution in [0.4, 0.5) is 5.82 Å². The summed E-state index contributed by atoms with van der Waals surface area (Å²) < 4.78 is 0. The highest BCUT2D eigenvalue weighted by atomic mass is 16.2. The second kappa shape index (κ2) is 8.82. The summed E-state index contributed by atoms with van der Waals surface area (Å²) in [5.74, 6) is 0.978. The molecule has 26 heavy (non-hydrogen) atoms. The van der Waals surface area contributed by atoms with Crippen LogP contribution in [0.1, 0.15) is 18.4 Å². The van der Waals surface area contributed by atoms with Crippen LogP contribution < -0.4 is 5.32 Å². The van der Waals surface area contributed by atoms with E-state index in [1.165, 1.54) is 11.8 Å². The number of nitrogens with one attached hydrogen (secondary N) is 1. The third kappa shape index (κ3) is 4.70. The number of benzene rings is 1. The first-order chi connectivity index (χ1) is 12.8. The van der Waals surface area contributed by atoms with Crippen LogP contribution in [0, 0.1) is 17.2 Å². The molecule has 0 aliphatic carbocycles. The number of carbonyl (C=O) groups is 1. The molecule has 0 bridgehead atoms. The van der Waals surface area contributed by atoms with Crippen LogP contribution in [0.2, 0.25) is 0 Å². The van der Waals surface area contributed by atoms with Crippen LogP contribution in [0.3, 0.4) is 0 Å². The highest BCUT2D eigenvalue weighted by Gasteiger charge is 2.25. The number of anilines is 1. The van der Waals surface area contributed by atoms with Crippen LogP contribution in [0.5, 0.6) is 0 Å². The summed E-state index contributed by atoms with van der Waals surface area (Å²) >= 11 is 0. The summed E-state index contributed by atoms with van der Waals surface area (Å²) in [7, 11) is 0. The van der Waals surface area contributed by atoms with Gasteiger partial charge in [-0.3, -0.25) is 4.79 Å². The normalized spacial score (nSPS) is 15.3. The number of nitriles is 1. The van der Waals surface area contributed by atoms with Gasteiger partial charge in [0.2, 0.25) is 0 Å². The minimum absolute atomic E-state index is 0.108. The van der Waals surface area contributed by atoms with E-state index in [1.807, 2.05) is 24.3 Å². The van der Waals surface area contributed by atoms with Gasteiger partial charge in [-0.2, -0.15) is 5.26 Å². The maximum Gasteiger partial charge on any atom is 0.266 e. The highest BCUT2D eigenvalue weighted by molar-refractivity contribution is 5.97. The van der Waals surface area contributed by atoms with Crippen LogP contribution in [0.15, 0.2) is 66.5 Å². The molecule has 1 N–H and O–H groups in total. The molecule has 1 aromatic heterocycles. The Bertz CT molecular complexity index is 788. The summed E-state index contributed by atoms with van der Waals surface area (Å²) in [4.78, 5) is 18.5. The van der Waals surface area contributed by atoms with Crippen molar-refractivity contribution in [2.75, 3.05) is 18.4 Å². The van der Waals surface area contributed by atoms with Gasteiger partial charge in [-0.25, -0.2) is 4.98 Å². The number of piperidine rings is 1. The molecule has 1 aromatic carbocycles.